The van der Waals surface area contributed by atoms with Crippen LogP contribution in [0.5, 0.6) is 34.5 Å². The molecule has 2 aliphatic rings. The second-order valence-corrected chi connectivity index (χ2v) is 8.80. The van der Waals surface area contributed by atoms with E-state index in [2.05, 4.69) is 0 Å². The van der Waals surface area contributed by atoms with E-state index in [1.807, 2.05) is 48.5 Å². The fourth-order valence-corrected chi connectivity index (χ4v) is 4.40. The molecule has 0 spiro atoms. The molecule has 0 saturated heterocycles. The minimum Gasteiger partial charge on any atom is -0.508 e. The summed E-state index contributed by atoms with van der Waals surface area (Å²) in [5.74, 6) is -1.72. The molecule has 0 aromatic heterocycles. The van der Waals surface area contributed by atoms with Crippen molar-refractivity contribution in [1.82, 2.24) is 0 Å². The van der Waals surface area contributed by atoms with Crippen LogP contribution in [0.2, 0.25) is 0 Å². The molecule has 38 heavy (non-hydrogen) atoms. The third-order valence-electron chi connectivity index (χ3n) is 6.22. The number of carbonyl (C=O) groups excluding carboxylic acids is 2. The predicted molar refractivity (Wildman–Crippen MR) is 137 cm³/mol. The number of phenolic OH excluding ortho intramolecular Hbond substituents is 4. The van der Waals surface area contributed by atoms with Crippen molar-refractivity contribution in [2.24, 2.45) is 0 Å². The Morgan fingerprint density at radius 3 is 1.26 bits per heavy atom. The number of hydrogen-bond donors (Lipinski definition) is 4. The van der Waals surface area contributed by atoms with Gasteiger partial charge in [-0.05, 0) is 34.4 Å². The van der Waals surface area contributed by atoms with Crippen molar-refractivity contribution < 1.29 is 39.5 Å². The highest BCUT2D eigenvalue weighted by atomic mass is 16.5. The zero-order valence-corrected chi connectivity index (χ0v) is 19.5. The SMILES string of the molecule is O=C1/C(=C/c2ccc(-c3ccc(/C=C4\Oc5cc(O)cc(O)c5C4=O)cc3)cc2)Oc2cc(O)cc(O)c21. The van der Waals surface area contributed by atoms with Crippen LogP contribution in [-0.2, 0) is 0 Å². The van der Waals surface area contributed by atoms with Gasteiger partial charge in [-0.25, -0.2) is 0 Å². The van der Waals surface area contributed by atoms with E-state index in [0.717, 1.165) is 23.3 Å². The summed E-state index contributed by atoms with van der Waals surface area (Å²) in [7, 11) is 0. The second kappa shape index (κ2) is 8.56. The van der Waals surface area contributed by atoms with Gasteiger partial charge in [0.05, 0.1) is 0 Å². The van der Waals surface area contributed by atoms with E-state index in [9.17, 15) is 30.0 Å². The van der Waals surface area contributed by atoms with Crippen LogP contribution in [0.3, 0.4) is 0 Å². The molecule has 4 aromatic rings. The third kappa shape index (κ3) is 3.90. The summed E-state index contributed by atoms with van der Waals surface area (Å²) in [4.78, 5) is 25.2. The molecular weight excluding hydrogens is 488 g/mol. The summed E-state index contributed by atoms with van der Waals surface area (Å²) in [5, 5.41) is 39.2. The molecule has 6 rings (SSSR count). The first-order valence-electron chi connectivity index (χ1n) is 11.5. The average molecular weight is 506 g/mol. The summed E-state index contributed by atoms with van der Waals surface area (Å²) < 4.78 is 11.1. The monoisotopic (exact) mass is 506 g/mol. The largest absolute Gasteiger partial charge is 0.508 e. The van der Waals surface area contributed by atoms with Gasteiger partial charge in [-0.2, -0.15) is 0 Å². The van der Waals surface area contributed by atoms with E-state index in [-0.39, 0.29) is 57.1 Å². The minimum atomic E-state index is -0.467. The topological polar surface area (TPSA) is 134 Å². The molecule has 2 aliphatic heterocycles. The number of aromatic hydroxyl groups is 4. The van der Waals surface area contributed by atoms with E-state index in [1.165, 1.54) is 12.1 Å². The quantitative estimate of drug-likeness (QED) is 0.271. The number of hydrogen-bond acceptors (Lipinski definition) is 8. The standard InChI is InChI=1S/C30H18O8/c31-19-11-21(33)27-23(13-19)37-25(29(27)35)9-15-1-5-17(6-2-15)18-7-3-16(4-8-18)10-26-30(36)28-22(34)12-20(32)14-24(28)38-26/h1-14,31-34H/b25-9-,26-10-. The summed E-state index contributed by atoms with van der Waals surface area (Å²) in [6.45, 7) is 0. The van der Waals surface area contributed by atoms with Gasteiger partial charge in [-0.3, -0.25) is 9.59 Å². The van der Waals surface area contributed by atoms with Crippen LogP contribution >= 0.6 is 0 Å². The van der Waals surface area contributed by atoms with Crippen molar-refractivity contribution in [3.63, 3.8) is 0 Å². The molecule has 8 nitrogen and oxygen atoms in total. The first kappa shape index (κ1) is 22.9. The van der Waals surface area contributed by atoms with Crippen LogP contribution in [0.25, 0.3) is 23.3 Å². The van der Waals surface area contributed by atoms with Crippen molar-refractivity contribution in [2.75, 3.05) is 0 Å². The van der Waals surface area contributed by atoms with Gasteiger partial charge in [0.25, 0.3) is 0 Å². The molecule has 0 unspecified atom stereocenters. The second-order valence-electron chi connectivity index (χ2n) is 8.80. The van der Waals surface area contributed by atoms with Gasteiger partial charge in [0.2, 0.25) is 11.6 Å². The third-order valence-corrected chi connectivity index (χ3v) is 6.22. The van der Waals surface area contributed by atoms with Gasteiger partial charge in [-0.1, -0.05) is 48.5 Å². The number of carbonyl (C=O) groups is 2. The van der Waals surface area contributed by atoms with Crippen molar-refractivity contribution >= 4 is 23.7 Å². The van der Waals surface area contributed by atoms with Crippen LogP contribution in [0.1, 0.15) is 31.8 Å². The highest BCUT2D eigenvalue weighted by molar-refractivity contribution is 6.17. The maximum Gasteiger partial charge on any atom is 0.235 e. The Hall–Kier alpha value is -5.50. The molecule has 4 N–H and O–H groups in total. The molecule has 0 atom stereocenters. The first-order valence-corrected chi connectivity index (χ1v) is 11.5. The Balaban J connectivity index is 1.19. The Labute approximate surface area is 215 Å². The molecule has 0 fully saturated rings. The van der Waals surface area contributed by atoms with Crippen molar-refractivity contribution in [2.45, 2.75) is 0 Å². The molecule has 8 heteroatoms. The summed E-state index contributed by atoms with van der Waals surface area (Å²) in [6, 6.07) is 19.5. The minimum absolute atomic E-state index is 0.0178. The smallest absolute Gasteiger partial charge is 0.235 e. The lowest BCUT2D eigenvalue weighted by molar-refractivity contribution is 0.100. The Bertz CT molecular complexity index is 1580. The van der Waals surface area contributed by atoms with Crippen LogP contribution in [-0.4, -0.2) is 32.0 Å². The first-order chi connectivity index (χ1) is 18.3. The van der Waals surface area contributed by atoms with Crippen molar-refractivity contribution in [1.29, 1.82) is 0 Å². The Kier molecular flexibility index (Phi) is 5.17. The number of allylic oxidation sites excluding steroid dienone is 2. The summed E-state index contributed by atoms with van der Waals surface area (Å²) in [5.41, 5.74) is 3.28. The number of benzene rings is 4. The molecule has 2 heterocycles. The lowest BCUT2D eigenvalue weighted by Gasteiger charge is -2.04. The van der Waals surface area contributed by atoms with Crippen LogP contribution in [0.15, 0.2) is 84.3 Å². The predicted octanol–water partition coefficient (Wildman–Crippen LogP) is 5.41. The van der Waals surface area contributed by atoms with E-state index >= 15 is 0 Å². The molecule has 186 valence electrons. The molecule has 0 aliphatic carbocycles. The molecule has 0 saturated carbocycles. The van der Waals surface area contributed by atoms with E-state index in [4.69, 9.17) is 9.47 Å². The number of phenols is 4. The van der Waals surface area contributed by atoms with Gasteiger partial charge in [0.1, 0.15) is 45.6 Å². The zero-order valence-electron chi connectivity index (χ0n) is 19.5. The Morgan fingerprint density at radius 2 is 0.895 bits per heavy atom. The van der Waals surface area contributed by atoms with Crippen molar-refractivity contribution in [3.05, 3.63) is 107 Å². The molecule has 0 bridgehead atoms. The average Bonchev–Trinajstić information content (AvgIpc) is 3.35. The normalized spacial score (nSPS) is 15.9. The van der Waals surface area contributed by atoms with Gasteiger partial charge < -0.3 is 29.9 Å². The summed E-state index contributed by atoms with van der Waals surface area (Å²) in [6.07, 6.45) is 3.12. The number of ketones is 2. The highest BCUT2D eigenvalue weighted by Gasteiger charge is 2.32. The maximum atomic E-state index is 12.6. The number of Topliss-reactive ketones (excluding diaryl/α,β-unsaturated/α-hetero) is 2. The maximum absolute atomic E-state index is 12.6. The van der Waals surface area contributed by atoms with E-state index in [1.54, 1.807) is 12.2 Å². The number of fused-ring (bicyclic) bond motifs is 2. The Morgan fingerprint density at radius 1 is 0.526 bits per heavy atom. The summed E-state index contributed by atoms with van der Waals surface area (Å²) >= 11 is 0. The zero-order chi connectivity index (χ0) is 26.6. The van der Waals surface area contributed by atoms with Crippen LogP contribution < -0.4 is 9.47 Å². The van der Waals surface area contributed by atoms with E-state index in [0.29, 0.717) is 11.1 Å². The number of ether oxygens (including phenoxy) is 2. The van der Waals surface area contributed by atoms with Gasteiger partial charge in [0, 0.05) is 24.3 Å². The van der Waals surface area contributed by atoms with Crippen LogP contribution in [0, 0.1) is 0 Å². The number of rotatable bonds is 3. The fraction of sp³-hybridized carbons (Fsp3) is 0. The molecular formula is C30H18O8. The van der Waals surface area contributed by atoms with Crippen molar-refractivity contribution in [3.8, 4) is 45.6 Å². The molecule has 0 radical (unpaired) electrons. The van der Waals surface area contributed by atoms with Gasteiger partial charge in [-0.15, -0.1) is 0 Å². The van der Waals surface area contributed by atoms with Gasteiger partial charge >= 0.3 is 0 Å². The lowest BCUT2D eigenvalue weighted by atomic mass is 10.0. The van der Waals surface area contributed by atoms with E-state index < -0.39 is 11.6 Å². The van der Waals surface area contributed by atoms with Crippen LogP contribution in [0.4, 0.5) is 0 Å². The molecule has 0 amide bonds. The lowest BCUT2D eigenvalue weighted by Crippen LogP contribution is -1.98. The highest BCUT2D eigenvalue weighted by Crippen LogP contribution is 2.42. The molecule has 4 aromatic carbocycles. The van der Waals surface area contributed by atoms with Gasteiger partial charge in [0.15, 0.2) is 11.5 Å². The fourth-order valence-electron chi connectivity index (χ4n) is 4.40.